The highest BCUT2D eigenvalue weighted by molar-refractivity contribution is 6.42. The number of fused-ring (bicyclic) bond motifs is 1. The van der Waals surface area contributed by atoms with Gasteiger partial charge in [0.1, 0.15) is 0 Å². The fraction of sp³-hybridized carbons (Fsp3) is 0.0800. The summed E-state index contributed by atoms with van der Waals surface area (Å²) in [6.45, 7) is 0. The zero-order valence-corrected chi connectivity index (χ0v) is 18.2. The molecular formula is C25H18Cl3NO. The van der Waals surface area contributed by atoms with Gasteiger partial charge in [-0.15, -0.1) is 0 Å². The second kappa shape index (κ2) is 9.09. The van der Waals surface area contributed by atoms with Crippen LogP contribution in [-0.4, -0.2) is 5.78 Å². The quantitative estimate of drug-likeness (QED) is 0.297. The third-order valence-corrected chi connectivity index (χ3v) is 5.95. The summed E-state index contributed by atoms with van der Waals surface area (Å²) in [5.74, 6) is 0.0337. The van der Waals surface area contributed by atoms with E-state index in [1.165, 1.54) is 0 Å². The summed E-state index contributed by atoms with van der Waals surface area (Å²) in [7, 11) is 0. The van der Waals surface area contributed by atoms with Gasteiger partial charge < -0.3 is 5.32 Å². The highest BCUT2D eigenvalue weighted by Gasteiger charge is 2.19. The fourth-order valence-electron chi connectivity index (χ4n) is 3.43. The van der Waals surface area contributed by atoms with E-state index in [1.54, 1.807) is 18.2 Å². The second-order valence-electron chi connectivity index (χ2n) is 7.07. The zero-order chi connectivity index (χ0) is 21.1. The third kappa shape index (κ3) is 4.79. The van der Waals surface area contributed by atoms with Gasteiger partial charge in [-0.25, -0.2) is 0 Å². The Kier molecular flexibility index (Phi) is 6.29. The lowest BCUT2D eigenvalue weighted by Gasteiger charge is -2.21. The van der Waals surface area contributed by atoms with Gasteiger partial charge in [-0.3, -0.25) is 4.79 Å². The van der Waals surface area contributed by atoms with Crippen LogP contribution in [0.2, 0.25) is 15.1 Å². The number of anilines is 1. The Hall–Kier alpha value is -2.52. The molecule has 0 fully saturated rings. The first-order chi connectivity index (χ1) is 14.5. The van der Waals surface area contributed by atoms with E-state index in [4.69, 9.17) is 34.8 Å². The maximum Gasteiger partial charge on any atom is 0.165 e. The number of hydrogen-bond acceptors (Lipinski definition) is 2. The first kappa shape index (κ1) is 20.7. The maximum absolute atomic E-state index is 13.2. The number of nitrogens with one attached hydrogen (secondary N) is 1. The van der Waals surface area contributed by atoms with E-state index in [0.717, 1.165) is 22.0 Å². The normalized spacial score (nSPS) is 12.0. The Morgan fingerprint density at radius 3 is 2.33 bits per heavy atom. The van der Waals surface area contributed by atoms with Crippen LogP contribution in [0.5, 0.6) is 0 Å². The standard InChI is InChI=1S/C25H18Cl3NO/c26-20-6-3-7-21(14-20)29-24(18-10-11-22(27)23(28)13-18)15-25(30)19-9-8-16-4-1-2-5-17(16)12-19/h1-14,24,29H,15H2. The second-order valence-corrected chi connectivity index (χ2v) is 8.32. The smallest absolute Gasteiger partial charge is 0.165 e. The molecule has 1 atom stereocenters. The first-order valence-electron chi connectivity index (χ1n) is 9.49. The maximum atomic E-state index is 13.2. The molecule has 0 aliphatic rings. The van der Waals surface area contributed by atoms with Gasteiger partial charge in [0.25, 0.3) is 0 Å². The van der Waals surface area contributed by atoms with Gasteiger partial charge in [0.2, 0.25) is 0 Å². The van der Waals surface area contributed by atoms with Crippen molar-refractivity contribution in [1.29, 1.82) is 0 Å². The van der Waals surface area contributed by atoms with Gasteiger partial charge in [-0.1, -0.05) is 83.3 Å². The first-order valence-corrected chi connectivity index (χ1v) is 10.6. The van der Waals surface area contributed by atoms with Crippen LogP contribution in [0.25, 0.3) is 10.8 Å². The highest BCUT2D eigenvalue weighted by Crippen LogP contribution is 2.31. The molecule has 0 spiro atoms. The Labute approximate surface area is 190 Å². The average Bonchev–Trinajstić information content (AvgIpc) is 2.75. The van der Waals surface area contributed by atoms with Gasteiger partial charge in [0, 0.05) is 22.7 Å². The van der Waals surface area contributed by atoms with Crippen molar-refractivity contribution >= 4 is 57.0 Å². The van der Waals surface area contributed by atoms with Crippen LogP contribution in [0.4, 0.5) is 5.69 Å². The Bertz CT molecular complexity index is 1220. The Morgan fingerprint density at radius 1 is 0.767 bits per heavy atom. The molecule has 5 heteroatoms. The van der Waals surface area contributed by atoms with E-state index in [9.17, 15) is 4.79 Å². The Balaban J connectivity index is 1.65. The molecule has 0 aliphatic heterocycles. The predicted molar refractivity (Wildman–Crippen MR) is 127 cm³/mol. The SMILES string of the molecule is O=C(CC(Nc1cccc(Cl)c1)c1ccc(Cl)c(Cl)c1)c1ccc2ccccc2c1. The summed E-state index contributed by atoms with van der Waals surface area (Å²) < 4.78 is 0. The van der Waals surface area contributed by atoms with Gasteiger partial charge in [-0.2, -0.15) is 0 Å². The van der Waals surface area contributed by atoms with Crippen molar-refractivity contribution in [3.63, 3.8) is 0 Å². The largest absolute Gasteiger partial charge is 0.378 e. The van der Waals surface area contributed by atoms with Crippen LogP contribution < -0.4 is 5.32 Å². The monoisotopic (exact) mass is 453 g/mol. The average molecular weight is 455 g/mol. The molecule has 30 heavy (non-hydrogen) atoms. The molecule has 1 N–H and O–H groups in total. The number of hydrogen-bond donors (Lipinski definition) is 1. The highest BCUT2D eigenvalue weighted by atomic mass is 35.5. The number of ketones is 1. The minimum absolute atomic E-state index is 0.0337. The van der Waals surface area contributed by atoms with Crippen molar-refractivity contribution in [1.82, 2.24) is 0 Å². The van der Waals surface area contributed by atoms with E-state index in [2.05, 4.69) is 5.32 Å². The van der Waals surface area contributed by atoms with Crippen LogP contribution in [0.15, 0.2) is 84.9 Å². The minimum atomic E-state index is -0.294. The molecule has 4 aromatic carbocycles. The summed E-state index contributed by atoms with van der Waals surface area (Å²) in [6.07, 6.45) is 0.253. The number of rotatable bonds is 6. The lowest BCUT2D eigenvalue weighted by molar-refractivity contribution is 0.0976. The zero-order valence-electron chi connectivity index (χ0n) is 15.9. The van der Waals surface area contributed by atoms with Crippen molar-refractivity contribution in [2.24, 2.45) is 0 Å². The molecule has 0 saturated carbocycles. The lowest BCUT2D eigenvalue weighted by atomic mass is 9.96. The predicted octanol–water partition coefficient (Wildman–Crippen LogP) is 8.23. The van der Waals surface area contributed by atoms with Crippen LogP contribution in [-0.2, 0) is 0 Å². The van der Waals surface area contributed by atoms with E-state index < -0.39 is 0 Å². The van der Waals surface area contributed by atoms with Crippen LogP contribution >= 0.6 is 34.8 Å². The van der Waals surface area contributed by atoms with Crippen LogP contribution in [0, 0.1) is 0 Å². The summed E-state index contributed by atoms with van der Waals surface area (Å²) in [5, 5.41) is 7.10. The van der Waals surface area contributed by atoms with Crippen molar-refractivity contribution in [2.75, 3.05) is 5.32 Å². The molecule has 2 nitrogen and oxygen atoms in total. The van der Waals surface area contributed by atoms with E-state index in [-0.39, 0.29) is 18.2 Å². The summed E-state index contributed by atoms with van der Waals surface area (Å²) in [5.41, 5.74) is 2.37. The molecule has 0 aliphatic carbocycles. The number of halogens is 3. The van der Waals surface area contributed by atoms with Crippen molar-refractivity contribution < 1.29 is 4.79 Å². The summed E-state index contributed by atoms with van der Waals surface area (Å²) in [6, 6.07) is 26.3. The molecule has 0 bridgehead atoms. The molecule has 4 rings (SSSR count). The van der Waals surface area contributed by atoms with Crippen LogP contribution in [0.1, 0.15) is 28.4 Å². The number of carbonyl (C=O) groups excluding carboxylic acids is 1. The van der Waals surface area contributed by atoms with Crippen LogP contribution in [0.3, 0.4) is 0 Å². The van der Waals surface area contributed by atoms with E-state index in [1.807, 2.05) is 66.7 Å². The number of carbonyl (C=O) groups is 1. The molecule has 0 heterocycles. The third-order valence-electron chi connectivity index (χ3n) is 4.97. The van der Waals surface area contributed by atoms with Crippen molar-refractivity contribution in [3.05, 3.63) is 111 Å². The summed E-state index contributed by atoms with van der Waals surface area (Å²) in [4.78, 5) is 13.2. The lowest BCUT2D eigenvalue weighted by Crippen LogP contribution is -2.16. The van der Waals surface area contributed by atoms with E-state index in [0.29, 0.717) is 20.6 Å². The molecule has 150 valence electrons. The molecular weight excluding hydrogens is 437 g/mol. The Morgan fingerprint density at radius 2 is 1.57 bits per heavy atom. The van der Waals surface area contributed by atoms with Gasteiger partial charge >= 0.3 is 0 Å². The molecule has 4 aromatic rings. The molecule has 0 aromatic heterocycles. The molecule has 0 saturated heterocycles. The summed E-state index contributed by atoms with van der Waals surface area (Å²) >= 11 is 18.5. The molecule has 0 radical (unpaired) electrons. The number of benzene rings is 4. The van der Waals surface area contributed by atoms with Crippen molar-refractivity contribution in [2.45, 2.75) is 12.5 Å². The molecule has 1 unspecified atom stereocenters. The minimum Gasteiger partial charge on any atom is -0.378 e. The van der Waals surface area contributed by atoms with Gasteiger partial charge in [0.05, 0.1) is 16.1 Å². The topological polar surface area (TPSA) is 29.1 Å². The van der Waals surface area contributed by atoms with Gasteiger partial charge in [0.15, 0.2) is 5.78 Å². The van der Waals surface area contributed by atoms with Crippen molar-refractivity contribution in [3.8, 4) is 0 Å². The molecule has 0 amide bonds. The van der Waals surface area contributed by atoms with E-state index >= 15 is 0 Å². The van der Waals surface area contributed by atoms with Gasteiger partial charge in [-0.05, 0) is 52.7 Å². The fourth-order valence-corrected chi connectivity index (χ4v) is 3.92. The number of Topliss-reactive ketones (excluding diaryl/α,β-unsaturated/α-hetero) is 1.